The van der Waals surface area contributed by atoms with Crippen molar-refractivity contribution in [3.63, 3.8) is 0 Å². The number of ether oxygens (including phenoxy) is 1. The number of methoxy groups -OCH3 is 1. The normalized spacial score (nSPS) is 17.0. The topological polar surface area (TPSA) is 79.1 Å². The van der Waals surface area contributed by atoms with Crippen LogP contribution in [-0.2, 0) is 6.42 Å². The van der Waals surface area contributed by atoms with Gasteiger partial charge in [0.25, 0.3) is 0 Å². The summed E-state index contributed by atoms with van der Waals surface area (Å²) in [5.74, 6) is 2.66. The smallest absolute Gasteiger partial charge is 0.191 e. The minimum absolute atomic E-state index is 0.333. The van der Waals surface area contributed by atoms with E-state index >= 15 is 0 Å². The number of anilines is 1. The van der Waals surface area contributed by atoms with Gasteiger partial charge in [-0.1, -0.05) is 18.2 Å². The third kappa shape index (κ3) is 4.26. The molecule has 1 saturated heterocycles. The highest BCUT2D eigenvalue weighted by Crippen LogP contribution is 2.30. The second-order valence-electron chi connectivity index (χ2n) is 7.04. The molecule has 0 spiro atoms. The zero-order valence-electron chi connectivity index (χ0n) is 16.9. The maximum Gasteiger partial charge on any atom is 0.191 e. The summed E-state index contributed by atoms with van der Waals surface area (Å²) in [6.45, 7) is 2.63. The summed E-state index contributed by atoms with van der Waals surface area (Å²) in [5.41, 5.74) is 2.01. The van der Waals surface area contributed by atoms with Crippen LogP contribution in [0.5, 0.6) is 5.75 Å². The van der Waals surface area contributed by atoms with E-state index in [9.17, 15) is 0 Å². The highest BCUT2D eigenvalue weighted by Gasteiger charge is 2.25. The Kier molecular flexibility index (Phi) is 5.79. The van der Waals surface area contributed by atoms with Crippen molar-refractivity contribution in [3.8, 4) is 5.75 Å². The minimum Gasteiger partial charge on any atom is -0.495 e. The van der Waals surface area contributed by atoms with Crippen LogP contribution < -0.4 is 20.3 Å². The number of para-hydroxylation sites is 2. The monoisotopic (exact) mass is 393 g/mol. The van der Waals surface area contributed by atoms with Gasteiger partial charge in [-0.05, 0) is 30.7 Å². The lowest BCUT2D eigenvalue weighted by Gasteiger charge is -2.22. The summed E-state index contributed by atoms with van der Waals surface area (Å²) in [4.78, 5) is 6.73. The standard InChI is InChI=1S/C21H27N7O/c1-22-21(23-12-10-20-26-25-19-9-5-6-13-28(19)20)24-16-11-14-27(15-16)17-7-3-4-8-18(17)29-2/h3-9,13,16H,10-12,14-15H2,1-2H3,(H2,22,23,24). The van der Waals surface area contributed by atoms with E-state index in [1.165, 1.54) is 0 Å². The van der Waals surface area contributed by atoms with E-state index < -0.39 is 0 Å². The van der Waals surface area contributed by atoms with E-state index in [1.54, 1.807) is 14.2 Å². The number of pyridine rings is 1. The molecule has 4 rings (SSSR count). The predicted octanol–water partition coefficient (Wildman–Crippen LogP) is 1.72. The number of hydrogen-bond acceptors (Lipinski definition) is 5. The van der Waals surface area contributed by atoms with Crippen LogP contribution in [0.1, 0.15) is 12.2 Å². The molecular weight excluding hydrogens is 366 g/mol. The lowest BCUT2D eigenvalue weighted by Crippen LogP contribution is -2.45. The number of hydrogen-bond donors (Lipinski definition) is 2. The van der Waals surface area contributed by atoms with E-state index in [0.29, 0.717) is 6.04 Å². The van der Waals surface area contributed by atoms with Crippen molar-refractivity contribution in [1.82, 2.24) is 25.2 Å². The third-order valence-electron chi connectivity index (χ3n) is 5.20. The summed E-state index contributed by atoms with van der Waals surface area (Å²) in [6.07, 6.45) is 3.81. The molecule has 29 heavy (non-hydrogen) atoms. The van der Waals surface area contributed by atoms with Crippen LogP contribution in [0.25, 0.3) is 5.65 Å². The molecule has 1 atom stereocenters. The molecule has 0 saturated carbocycles. The van der Waals surface area contributed by atoms with Crippen LogP contribution in [0, 0.1) is 0 Å². The molecule has 3 aromatic rings. The Morgan fingerprint density at radius 3 is 2.93 bits per heavy atom. The lowest BCUT2D eigenvalue weighted by atomic mass is 10.2. The number of guanidine groups is 1. The Hall–Kier alpha value is -3.29. The summed E-state index contributed by atoms with van der Waals surface area (Å²) in [5, 5.41) is 15.4. The Labute approximate surface area is 170 Å². The quantitative estimate of drug-likeness (QED) is 0.490. The van der Waals surface area contributed by atoms with E-state index in [4.69, 9.17) is 4.74 Å². The molecule has 2 aromatic heterocycles. The average molecular weight is 393 g/mol. The molecular formula is C21H27N7O. The summed E-state index contributed by atoms with van der Waals surface area (Å²) in [7, 11) is 3.52. The fraction of sp³-hybridized carbons (Fsp3) is 0.381. The van der Waals surface area contributed by atoms with Gasteiger partial charge >= 0.3 is 0 Å². The molecule has 0 aliphatic carbocycles. The minimum atomic E-state index is 0.333. The first kappa shape index (κ1) is 19.0. The van der Waals surface area contributed by atoms with Gasteiger partial charge in [0.15, 0.2) is 11.6 Å². The van der Waals surface area contributed by atoms with Gasteiger partial charge in [0.1, 0.15) is 11.6 Å². The number of fused-ring (bicyclic) bond motifs is 1. The number of nitrogens with zero attached hydrogens (tertiary/aromatic N) is 5. The van der Waals surface area contributed by atoms with Gasteiger partial charge in [-0.3, -0.25) is 9.39 Å². The molecule has 0 radical (unpaired) electrons. The van der Waals surface area contributed by atoms with Crippen LogP contribution in [0.3, 0.4) is 0 Å². The molecule has 1 aliphatic rings. The second-order valence-corrected chi connectivity index (χ2v) is 7.04. The second kappa shape index (κ2) is 8.81. The number of nitrogens with one attached hydrogen (secondary N) is 2. The molecule has 1 unspecified atom stereocenters. The maximum absolute atomic E-state index is 5.50. The van der Waals surface area contributed by atoms with Crippen molar-refractivity contribution in [1.29, 1.82) is 0 Å². The summed E-state index contributed by atoms with van der Waals surface area (Å²) in [6, 6.07) is 14.4. The number of aromatic nitrogens is 3. The van der Waals surface area contributed by atoms with Crippen LogP contribution in [0.15, 0.2) is 53.7 Å². The first-order valence-corrected chi connectivity index (χ1v) is 9.92. The lowest BCUT2D eigenvalue weighted by molar-refractivity contribution is 0.415. The zero-order valence-corrected chi connectivity index (χ0v) is 16.9. The van der Waals surface area contributed by atoms with E-state index in [0.717, 1.165) is 61.3 Å². The maximum atomic E-state index is 5.50. The first-order valence-electron chi connectivity index (χ1n) is 9.92. The highest BCUT2D eigenvalue weighted by molar-refractivity contribution is 5.80. The molecule has 1 fully saturated rings. The largest absolute Gasteiger partial charge is 0.495 e. The van der Waals surface area contributed by atoms with Gasteiger partial charge in [0, 0.05) is 45.3 Å². The number of rotatable bonds is 6. The van der Waals surface area contributed by atoms with Gasteiger partial charge < -0.3 is 20.3 Å². The molecule has 8 heteroatoms. The van der Waals surface area contributed by atoms with Crippen LogP contribution in [-0.4, -0.2) is 60.4 Å². The molecule has 3 heterocycles. The average Bonchev–Trinajstić information content (AvgIpc) is 3.40. The van der Waals surface area contributed by atoms with Crippen molar-refractivity contribution in [2.75, 3.05) is 38.7 Å². The van der Waals surface area contributed by atoms with E-state index in [-0.39, 0.29) is 0 Å². The van der Waals surface area contributed by atoms with Gasteiger partial charge in [-0.2, -0.15) is 0 Å². The van der Waals surface area contributed by atoms with Crippen molar-refractivity contribution in [2.45, 2.75) is 18.9 Å². The van der Waals surface area contributed by atoms with Crippen molar-refractivity contribution < 1.29 is 4.74 Å². The Morgan fingerprint density at radius 2 is 2.07 bits per heavy atom. The molecule has 152 valence electrons. The molecule has 0 bridgehead atoms. The van der Waals surface area contributed by atoms with E-state index in [2.05, 4.69) is 36.8 Å². The molecule has 8 nitrogen and oxygen atoms in total. The van der Waals surface area contributed by atoms with E-state index in [1.807, 2.05) is 47.0 Å². The zero-order chi connectivity index (χ0) is 20.1. The SMILES string of the molecule is CN=C(NCCc1nnc2ccccn12)NC1CCN(c2ccccc2OC)C1. The third-order valence-corrected chi connectivity index (χ3v) is 5.20. The predicted molar refractivity (Wildman–Crippen MR) is 115 cm³/mol. The fourth-order valence-electron chi connectivity index (χ4n) is 3.73. The fourth-order valence-corrected chi connectivity index (χ4v) is 3.73. The van der Waals surface area contributed by atoms with Crippen molar-refractivity contribution >= 4 is 17.3 Å². The van der Waals surface area contributed by atoms with Gasteiger partial charge in [-0.25, -0.2) is 0 Å². The Morgan fingerprint density at radius 1 is 1.21 bits per heavy atom. The van der Waals surface area contributed by atoms with Gasteiger partial charge in [0.05, 0.1) is 12.8 Å². The Bertz CT molecular complexity index is 984. The van der Waals surface area contributed by atoms with Crippen molar-refractivity contribution in [2.24, 2.45) is 4.99 Å². The first-order chi connectivity index (χ1) is 14.3. The van der Waals surface area contributed by atoms with Gasteiger partial charge in [-0.15, -0.1) is 10.2 Å². The summed E-state index contributed by atoms with van der Waals surface area (Å²) < 4.78 is 7.52. The highest BCUT2D eigenvalue weighted by atomic mass is 16.5. The molecule has 0 amide bonds. The van der Waals surface area contributed by atoms with Gasteiger partial charge in [0.2, 0.25) is 0 Å². The molecule has 1 aromatic carbocycles. The van der Waals surface area contributed by atoms with Crippen molar-refractivity contribution in [3.05, 3.63) is 54.5 Å². The summed E-state index contributed by atoms with van der Waals surface area (Å²) >= 11 is 0. The number of benzene rings is 1. The van der Waals surface area contributed by atoms with Crippen LogP contribution >= 0.6 is 0 Å². The van der Waals surface area contributed by atoms with Crippen LogP contribution in [0.4, 0.5) is 5.69 Å². The molecule has 2 N–H and O–H groups in total. The van der Waals surface area contributed by atoms with Crippen LogP contribution in [0.2, 0.25) is 0 Å². The Balaban J connectivity index is 1.29. The number of aliphatic imine (C=N–C) groups is 1. The molecule has 1 aliphatic heterocycles.